The Morgan fingerprint density at radius 3 is 0.723 bits per heavy atom. The van der Waals surface area contributed by atoms with Gasteiger partial charge in [-0.05, 0) is 145 Å². The van der Waals surface area contributed by atoms with Gasteiger partial charge in [0.2, 0.25) is 0 Å². The predicted octanol–water partition coefficient (Wildman–Crippen LogP) is 11.8. The zero-order valence-corrected chi connectivity index (χ0v) is 52.6. The minimum Gasteiger partial charge on any atom is -0.463 e. The lowest BCUT2D eigenvalue weighted by atomic mass is 10.1. The summed E-state index contributed by atoms with van der Waals surface area (Å²) in [6.07, 6.45) is 24.0. The van der Waals surface area contributed by atoms with Crippen LogP contribution in [0.5, 0.6) is 0 Å². The molecule has 0 spiro atoms. The summed E-state index contributed by atoms with van der Waals surface area (Å²) in [7, 11) is 0. The molecule has 0 radical (unpaired) electrons. The molecule has 0 N–H and O–H groups in total. The maximum absolute atomic E-state index is 13.5. The monoisotopic (exact) mass is 1260 g/mol. The van der Waals surface area contributed by atoms with Crippen molar-refractivity contribution in [2.24, 2.45) is 0 Å². The zero-order chi connectivity index (χ0) is 65.9. The molecule has 9 aromatic rings. The summed E-state index contributed by atoms with van der Waals surface area (Å²) in [5, 5.41) is 0. The Balaban J connectivity index is 0.763. The van der Waals surface area contributed by atoms with Crippen molar-refractivity contribution in [3.05, 3.63) is 233 Å². The Bertz CT molecular complexity index is 3600. The molecule has 3 aromatic carbocycles. The highest BCUT2D eigenvalue weighted by Crippen LogP contribution is 2.23. The van der Waals surface area contributed by atoms with E-state index in [2.05, 4.69) is 44.6 Å². The van der Waals surface area contributed by atoms with Crippen LogP contribution in [0.4, 0.5) is 17.1 Å². The van der Waals surface area contributed by atoms with E-state index in [-0.39, 0.29) is 39.5 Å². The topological polar surface area (TPSA) is 220 Å². The number of aldehydes is 3. The second kappa shape index (κ2) is 34.7. The number of rotatable bonds is 33. The van der Waals surface area contributed by atoms with Crippen molar-refractivity contribution < 1.29 is 43.0 Å². The molecular formula is C75H72N10O9. The molecule has 0 bridgehead atoms. The average molecular weight is 1260 g/mol. The van der Waals surface area contributed by atoms with E-state index < -0.39 is 17.9 Å². The first kappa shape index (κ1) is 67.0. The van der Waals surface area contributed by atoms with Crippen molar-refractivity contribution in [3.8, 4) is 34.2 Å². The fourth-order valence-corrected chi connectivity index (χ4v) is 9.88. The van der Waals surface area contributed by atoms with Crippen molar-refractivity contribution >= 4 is 90.3 Å². The van der Waals surface area contributed by atoms with E-state index in [4.69, 9.17) is 14.2 Å². The number of hydrogen-bond donors (Lipinski definition) is 0. The van der Waals surface area contributed by atoms with Gasteiger partial charge in [-0.3, -0.25) is 63.6 Å². The molecule has 0 aliphatic rings. The summed E-state index contributed by atoms with van der Waals surface area (Å²) in [6.45, 7) is 8.23. The van der Waals surface area contributed by atoms with Crippen molar-refractivity contribution in [2.75, 3.05) is 93.4 Å². The van der Waals surface area contributed by atoms with E-state index in [1.807, 2.05) is 166 Å². The van der Waals surface area contributed by atoms with Crippen molar-refractivity contribution in [3.63, 3.8) is 0 Å². The molecule has 0 saturated heterocycles. The standard InChI is InChI=1S/C75H72N10O9/c1-4-83(64-25-13-55(14-26-64)7-10-58-19-31-67(76-43-58)70-34-22-61(52-86)46-79-70)37-40-92-73(89)49-82(50-74(90)93-41-38-84(5-2)65-27-15-56(16-28-65)8-11-59-20-32-68(77-44-59)71-35-23-62(53-87)47-80-71)51-75(91)94-42-39-85(6-3)66-29-17-57(18-30-66)9-12-60-21-33-69(78-45-60)72-36-24-63(54-88)48-81-72/h7-36,43-48,52-54H,4-6,37-42,49-51H2,1-3H3/b10-7+,11-8+,12-9+. The SMILES string of the molecule is CCN(CCOC(=O)CN(CC(=O)OCCN(CC)c1ccc(/C=C/c2ccc(-c3ccc(C=O)cn3)nc2)cc1)CC(=O)OCCN(CC)c1ccc(/C=C/c2ccc(-c3ccc(C=O)cn3)nc2)cc1)c1ccc(/C=C/c2ccc(-c3ccc(C=O)cn3)nc2)cc1. The number of pyridine rings is 6. The number of carbonyl (C=O) groups excluding carboxylic acids is 6. The van der Waals surface area contributed by atoms with Gasteiger partial charge in [0.25, 0.3) is 0 Å². The van der Waals surface area contributed by atoms with Gasteiger partial charge in [0, 0.05) is 90.6 Å². The van der Waals surface area contributed by atoms with E-state index in [9.17, 15) is 28.8 Å². The van der Waals surface area contributed by atoms with E-state index in [1.54, 1.807) is 55.0 Å². The Kier molecular flexibility index (Phi) is 24.7. The molecule has 6 aromatic heterocycles. The summed E-state index contributed by atoms with van der Waals surface area (Å²) >= 11 is 0. The Hall–Kier alpha value is -11.4. The van der Waals surface area contributed by atoms with Gasteiger partial charge in [0.15, 0.2) is 18.9 Å². The highest BCUT2D eigenvalue weighted by molar-refractivity contribution is 5.80. The van der Waals surface area contributed by atoms with Crippen LogP contribution >= 0.6 is 0 Å². The molecule has 0 aliphatic carbocycles. The maximum atomic E-state index is 13.5. The molecule has 6 heterocycles. The molecule has 0 fully saturated rings. The van der Waals surface area contributed by atoms with Gasteiger partial charge in [-0.25, -0.2) is 0 Å². The predicted molar refractivity (Wildman–Crippen MR) is 368 cm³/mol. The van der Waals surface area contributed by atoms with Gasteiger partial charge < -0.3 is 28.9 Å². The summed E-state index contributed by atoms with van der Waals surface area (Å²) in [5.74, 6) is -1.85. The van der Waals surface area contributed by atoms with E-state index >= 15 is 0 Å². The Morgan fingerprint density at radius 1 is 0.309 bits per heavy atom. The Labute approximate surface area is 546 Å². The zero-order valence-electron chi connectivity index (χ0n) is 52.6. The fraction of sp³-hybridized carbons (Fsp3) is 0.200. The number of carbonyl (C=O) groups is 6. The van der Waals surface area contributed by atoms with Gasteiger partial charge in [-0.15, -0.1) is 0 Å². The highest BCUT2D eigenvalue weighted by atomic mass is 16.5. The first-order valence-electron chi connectivity index (χ1n) is 30.9. The largest absolute Gasteiger partial charge is 0.463 e. The lowest BCUT2D eigenvalue weighted by Gasteiger charge is -2.25. The summed E-state index contributed by atoms with van der Waals surface area (Å²) in [4.78, 5) is 108. The molecule has 0 aliphatic heterocycles. The van der Waals surface area contributed by atoms with E-state index in [1.165, 1.54) is 23.5 Å². The van der Waals surface area contributed by atoms with E-state index in [0.29, 0.717) is 90.1 Å². The molecule has 9 rings (SSSR count). The molecule has 0 unspecified atom stereocenters. The van der Waals surface area contributed by atoms with Crippen LogP contribution in [-0.4, -0.2) is 150 Å². The van der Waals surface area contributed by atoms with Crippen LogP contribution < -0.4 is 14.7 Å². The number of nitrogens with zero attached hydrogens (tertiary/aromatic N) is 10. The summed E-state index contributed by atoms with van der Waals surface area (Å²) in [5.41, 5.74) is 14.1. The van der Waals surface area contributed by atoms with Crippen molar-refractivity contribution in [1.82, 2.24) is 34.8 Å². The molecule has 19 nitrogen and oxygen atoms in total. The highest BCUT2D eigenvalue weighted by Gasteiger charge is 2.22. The summed E-state index contributed by atoms with van der Waals surface area (Å²) < 4.78 is 17.2. The van der Waals surface area contributed by atoms with Gasteiger partial charge >= 0.3 is 17.9 Å². The van der Waals surface area contributed by atoms with Crippen LogP contribution in [0.3, 0.4) is 0 Å². The average Bonchev–Trinajstić information content (AvgIpc) is 1.44. The number of hydrogen-bond acceptors (Lipinski definition) is 19. The first-order chi connectivity index (χ1) is 46.0. The number of ether oxygens (including phenoxy) is 3. The Morgan fingerprint density at radius 2 is 0.521 bits per heavy atom. The minimum absolute atomic E-state index is 0.0561. The first-order valence-corrected chi connectivity index (χ1v) is 30.9. The second-order valence-electron chi connectivity index (χ2n) is 21.5. The third kappa shape index (κ3) is 20.0. The van der Waals surface area contributed by atoms with Gasteiger partial charge in [-0.1, -0.05) is 91.1 Å². The molecule has 0 atom stereocenters. The number of esters is 3. The van der Waals surface area contributed by atoms with Crippen LogP contribution in [-0.2, 0) is 28.6 Å². The second-order valence-corrected chi connectivity index (χ2v) is 21.5. The van der Waals surface area contributed by atoms with Crippen molar-refractivity contribution in [1.29, 1.82) is 0 Å². The van der Waals surface area contributed by atoms with Crippen LogP contribution in [0.25, 0.3) is 70.6 Å². The number of anilines is 3. The van der Waals surface area contributed by atoms with Crippen LogP contribution in [0.15, 0.2) is 183 Å². The maximum Gasteiger partial charge on any atom is 0.320 e. The van der Waals surface area contributed by atoms with E-state index in [0.717, 1.165) is 69.3 Å². The van der Waals surface area contributed by atoms with Crippen molar-refractivity contribution in [2.45, 2.75) is 20.8 Å². The summed E-state index contributed by atoms with van der Waals surface area (Å²) in [6, 6.07) is 46.0. The lowest BCUT2D eigenvalue weighted by molar-refractivity contribution is -0.151. The smallest absolute Gasteiger partial charge is 0.320 e. The quantitative estimate of drug-likeness (QED) is 0.0212. The molecule has 476 valence electrons. The molecule has 0 amide bonds. The number of benzene rings is 3. The van der Waals surface area contributed by atoms with Crippen LogP contribution in [0, 0.1) is 0 Å². The number of likely N-dealkylation sites (N-methyl/N-ethyl adjacent to an activating group) is 3. The molecule has 0 saturated carbocycles. The fourth-order valence-electron chi connectivity index (χ4n) is 9.88. The third-order valence-electron chi connectivity index (χ3n) is 15.2. The third-order valence-corrected chi connectivity index (χ3v) is 15.2. The molecular weight excluding hydrogens is 1180 g/mol. The number of aromatic nitrogens is 6. The minimum atomic E-state index is -0.616. The lowest BCUT2D eigenvalue weighted by Crippen LogP contribution is -2.41. The van der Waals surface area contributed by atoms with Crippen LogP contribution in [0.2, 0.25) is 0 Å². The molecule has 19 heteroatoms. The molecule has 94 heavy (non-hydrogen) atoms. The van der Waals surface area contributed by atoms with Crippen LogP contribution in [0.1, 0.15) is 85.2 Å². The normalized spacial score (nSPS) is 11.2. The van der Waals surface area contributed by atoms with Gasteiger partial charge in [-0.2, -0.15) is 0 Å². The van der Waals surface area contributed by atoms with Gasteiger partial charge in [0.1, 0.15) is 19.8 Å². The van der Waals surface area contributed by atoms with Gasteiger partial charge in [0.05, 0.1) is 73.4 Å².